The second kappa shape index (κ2) is 6.38. The molecule has 2 aromatic rings. The monoisotopic (exact) mass is 305 g/mol. The van der Waals surface area contributed by atoms with Gasteiger partial charge in [-0.05, 0) is 32.0 Å². The molecule has 0 aliphatic carbocycles. The zero-order valence-electron chi connectivity index (χ0n) is 12.5. The molecular weight excluding hydrogens is 289 g/mol. The van der Waals surface area contributed by atoms with Crippen LogP contribution >= 0.6 is 0 Å². The third kappa shape index (κ3) is 3.49. The predicted octanol–water partition coefficient (Wildman–Crippen LogP) is 2.13. The Kier molecular flexibility index (Phi) is 4.55. The van der Waals surface area contributed by atoms with E-state index >= 15 is 0 Å². The average molecular weight is 305 g/mol. The Morgan fingerprint density at radius 2 is 2.18 bits per heavy atom. The molecule has 1 heterocycles. The molecule has 116 valence electrons. The fourth-order valence-corrected chi connectivity index (χ4v) is 1.73. The summed E-state index contributed by atoms with van der Waals surface area (Å²) in [6, 6.07) is 3.59. The summed E-state index contributed by atoms with van der Waals surface area (Å²) in [5.74, 6) is -0.599. The van der Waals surface area contributed by atoms with Crippen molar-refractivity contribution in [2.75, 3.05) is 7.05 Å². The van der Waals surface area contributed by atoms with Gasteiger partial charge in [0.05, 0.1) is 5.56 Å². The lowest BCUT2D eigenvalue weighted by Gasteiger charge is -2.22. The van der Waals surface area contributed by atoms with Gasteiger partial charge in [-0.25, -0.2) is 9.12 Å². The van der Waals surface area contributed by atoms with E-state index in [1.54, 1.807) is 7.05 Å². The highest BCUT2D eigenvalue weighted by molar-refractivity contribution is 5.97. The minimum atomic E-state index is -0.544. The number of carbonyl (C=O) groups is 1. The number of amides is 1. The van der Waals surface area contributed by atoms with E-state index in [1.807, 2.05) is 13.8 Å². The molecule has 0 aliphatic heterocycles. The van der Waals surface area contributed by atoms with Gasteiger partial charge in [0, 0.05) is 13.1 Å². The van der Waals surface area contributed by atoms with Crippen LogP contribution in [0.5, 0.6) is 11.5 Å². The zero-order valence-corrected chi connectivity index (χ0v) is 12.5. The van der Waals surface area contributed by atoms with Crippen LogP contribution in [0.3, 0.4) is 0 Å². The Labute approximate surface area is 127 Å². The van der Waals surface area contributed by atoms with Crippen molar-refractivity contribution in [2.45, 2.75) is 19.9 Å². The van der Waals surface area contributed by atoms with E-state index in [1.165, 1.54) is 23.2 Å². The van der Waals surface area contributed by atoms with Crippen molar-refractivity contribution in [3.8, 4) is 11.5 Å². The van der Waals surface area contributed by atoms with Crippen molar-refractivity contribution >= 4 is 5.91 Å². The fourth-order valence-electron chi connectivity index (χ4n) is 1.73. The predicted molar refractivity (Wildman–Crippen MR) is 76.9 cm³/mol. The number of hydrogen-bond donors (Lipinski definition) is 0. The van der Waals surface area contributed by atoms with E-state index in [-0.39, 0.29) is 29.0 Å². The number of rotatable bonds is 4. The molecule has 0 unspecified atom stereocenters. The van der Waals surface area contributed by atoms with E-state index in [0.29, 0.717) is 4.73 Å². The molecule has 1 amide bonds. The van der Waals surface area contributed by atoms with E-state index in [4.69, 9.17) is 4.74 Å². The molecule has 0 N–H and O–H groups in total. The van der Waals surface area contributed by atoms with Crippen molar-refractivity contribution in [1.29, 1.82) is 0 Å². The molecule has 0 saturated carbocycles. The molecule has 6 nitrogen and oxygen atoms in total. The van der Waals surface area contributed by atoms with E-state index in [2.05, 4.69) is 4.98 Å². The van der Waals surface area contributed by atoms with Crippen molar-refractivity contribution in [1.82, 2.24) is 9.88 Å². The molecule has 0 saturated heterocycles. The minimum Gasteiger partial charge on any atom is -0.711 e. The second-order valence-electron chi connectivity index (χ2n) is 5.04. The van der Waals surface area contributed by atoms with Crippen LogP contribution in [0.2, 0.25) is 0 Å². The molecule has 1 aromatic carbocycles. The van der Waals surface area contributed by atoms with E-state index in [0.717, 1.165) is 18.6 Å². The normalized spacial score (nSPS) is 10.6. The number of nitrogens with zero attached hydrogens (tertiary/aromatic N) is 3. The maximum atomic E-state index is 13.5. The number of benzene rings is 1. The molecule has 0 bridgehead atoms. The van der Waals surface area contributed by atoms with Crippen molar-refractivity contribution in [3.05, 3.63) is 53.5 Å². The smallest absolute Gasteiger partial charge is 0.289 e. The molecule has 0 fully saturated rings. The van der Waals surface area contributed by atoms with Gasteiger partial charge in [0.25, 0.3) is 12.2 Å². The van der Waals surface area contributed by atoms with Gasteiger partial charge in [0.2, 0.25) is 5.75 Å². The lowest BCUT2D eigenvalue weighted by Crippen LogP contribution is -2.33. The summed E-state index contributed by atoms with van der Waals surface area (Å²) in [5.41, 5.74) is 0.0810. The average Bonchev–Trinajstić information content (AvgIpc) is 2.47. The van der Waals surface area contributed by atoms with Gasteiger partial charge >= 0.3 is 0 Å². The molecule has 0 radical (unpaired) electrons. The third-order valence-electron chi connectivity index (χ3n) is 3.13. The highest BCUT2D eigenvalue weighted by Crippen LogP contribution is 2.26. The van der Waals surface area contributed by atoms with Crippen LogP contribution < -0.4 is 9.47 Å². The standard InChI is InChI=1S/C15H16FN3O3/c1-10(2)18(3)15(20)13-6-11(16)4-5-14(13)22-12-7-17-9-19(21)8-12/h4-10H,1-3H3. The molecule has 7 heteroatoms. The van der Waals surface area contributed by atoms with Gasteiger partial charge in [0.15, 0.2) is 6.20 Å². The summed E-state index contributed by atoms with van der Waals surface area (Å²) in [5, 5.41) is 11.2. The van der Waals surface area contributed by atoms with Crippen LogP contribution in [-0.2, 0) is 0 Å². The number of ether oxygens (including phenoxy) is 1. The van der Waals surface area contributed by atoms with Gasteiger partial charge in [-0.15, -0.1) is 0 Å². The molecule has 22 heavy (non-hydrogen) atoms. The van der Waals surface area contributed by atoms with Crippen LogP contribution in [0.4, 0.5) is 4.39 Å². The molecule has 0 spiro atoms. The van der Waals surface area contributed by atoms with Crippen molar-refractivity contribution in [3.63, 3.8) is 0 Å². The lowest BCUT2D eigenvalue weighted by molar-refractivity contribution is -0.609. The first kappa shape index (κ1) is 15.7. The molecule has 1 aromatic heterocycles. The second-order valence-corrected chi connectivity index (χ2v) is 5.04. The first-order valence-corrected chi connectivity index (χ1v) is 6.67. The van der Waals surface area contributed by atoms with Gasteiger partial charge in [0.1, 0.15) is 17.8 Å². The molecule has 0 atom stereocenters. The Morgan fingerprint density at radius 3 is 2.82 bits per heavy atom. The van der Waals surface area contributed by atoms with E-state index in [9.17, 15) is 14.4 Å². The lowest BCUT2D eigenvalue weighted by atomic mass is 10.1. The first-order valence-electron chi connectivity index (χ1n) is 6.67. The van der Waals surface area contributed by atoms with Gasteiger partial charge in [-0.2, -0.15) is 0 Å². The van der Waals surface area contributed by atoms with Crippen LogP contribution in [0, 0.1) is 11.0 Å². The van der Waals surface area contributed by atoms with Crippen molar-refractivity contribution < 1.29 is 18.7 Å². The molecular formula is C15H16FN3O3. The third-order valence-corrected chi connectivity index (χ3v) is 3.13. The van der Waals surface area contributed by atoms with Gasteiger partial charge in [-0.1, -0.05) is 4.98 Å². The van der Waals surface area contributed by atoms with Crippen LogP contribution in [0.1, 0.15) is 24.2 Å². The van der Waals surface area contributed by atoms with Crippen LogP contribution in [0.25, 0.3) is 0 Å². The van der Waals surface area contributed by atoms with Crippen LogP contribution in [0.15, 0.2) is 36.9 Å². The number of hydrogen-bond acceptors (Lipinski definition) is 4. The summed E-state index contributed by atoms with van der Waals surface area (Å²) < 4.78 is 19.5. The van der Waals surface area contributed by atoms with Gasteiger partial charge in [-0.3, -0.25) is 4.79 Å². The largest absolute Gasteiger partial charge is 0.711 e. The highest BCUT2D eigenvalue weighted by Gasteiger charge is 2.20. The topological polar surface area (TPSA) is 69.4 Å². The maximum Gasteiger partial charge on any atom is 0.289 e. The molecule has 2 rings (SSSR count). The number of halogens is 1. The number of aromatic nitrogens is 2. The highest BCUT2D eigenvalue weighted by atomic mass is 19.1. The van der Waals surface area contributed by atoms with Crippen molar-refractivity contribution in [2.24, 2.45) is 0 Å². The Morgan fingerprint density at radius 1 is 1.45 bits per heavy atom. The first-order chi connectivity index (χ1) is 10.4. The summed E-state index contributed by atoms with van der Waals surface area (Å²) in [7, 11) is 1.62. The van der Waals surface area contributed by atoms with Crippen LogP contribution in [-0.4, -0.2) is 28.9 Å². The zero-order chi connectivity index (χ0) is 16.3. The Bertz CT molecular complexity index is 691. The SMILES string of the molecule is CC(C)N(C)C(=O)c1cc(F)ccc1Oc1cnc[n+]([O-])c1. The Balaban J connectivity index is 2.38. The maximum absolute atomic E-state index is 13.5. The summed E-state index contributed by atoms with van der Waals surface area (Å²) >= 11 is 0. The molecule has 0 aliphatic rings. The fraction of sp³-hybridized carbons (Fsp3) is 0.267. The van der Waals surface area contributed by atoms with E-state index < -0.39 is 5.82 Å². The minimum absolute atomic E-state index is 0.0502. The summed E-state index contributed by atoms with van der Waals surface area (Å²) in [6.45, 7) is 3.69. The summed E-state index contributed by atoms with van der Waals surface area (Å²) in [4.78, 5) is 17.6. The number of carbonyl (C=O) groups excluding carboxylic acids is 1. The quantitative estimate of drug-likeness (QED) is 0.641. The van der Waals surface area contributed by atoms with Gasteiger partial charge < -0.3 is 14.8 Å². The Hall–Kier alpha value is -2.70. The summed E-state index contributed by atoms with van der Waals surface area (Å²) in [6.07, 6.45) is 3.56.